The highest BCUT2D eigenvalue weighted by molar-refractivity contribution is 6.31. The molecule has 2 aliphatic rings. The van der Waals surface area contributed by atoms with Crippen molar-refractivity contribution in [3.8, 4) is 5.88 Å². The predicted octanol–water partition coefficient (Wildman–Crippen LogP) is 3.25. The molecule has 0 aromatic carbocycles. The Bertz CT molecular complexity index is 835. The number of allylic oxidation sites excluding steroid dienone is 1. The van der Waals surface area contributed by atoms with Crippen LogP contribution in [0, 0.1) is 5.92 Å². The van der Waals surface area contributed by atoms with Gasteiger partial charge in [-0.25, -0.2) is 15.0 Å². The molecular weight excluding hydrogens is 314 g/mol. The molecule has 118 valence electrons. The summed E-state index contributed by atoms with van der Waals surface area (Å²) in [4.78, 5) is 12.9. The van der Waals surface area contributed by atoms with Gasteiger partial charge in [0.15, 0.2) is 5.82 Å². The fourth-order valence-electron chi connectivity index (χ4n) is 2.53. The van der Waals surface area contributed by atoms with E-state index in [0.717, 1.165) is 23.6 Å². The van der Waals surface area contributed by atoms with Crippen molar-refractivity contribution in [3.63, 3.8) is 0 Å². The van der Waals surface area contributed by atoms with Crippen molar-refractivity contribution >= 4 is 41.2 Å². The first-order valence-electron chi connectivity index (χ1n) is 7.53. The zero-order chi connectivity index (χ0) is 16.0. The number of fused-ring (bicyclic) bond motifs is 1. The number of imidazole rings is 1. The summed E-state index contributed by atoms with van der Waals surface area (Å²) in [5, 5.41) is 14.1. The second-order valence-electron chi connectivity index (χ2n) is 5.91. The maximum absolute atomic E-state index is 10.3. The second kappa shape index (κ2) is 5.38. The number of nitrogens with zero attached hydrogens (tertiary/aromatic N) is 4. The Morgan fingerprint density at radius 1 is 1.48 bits per heavy atom. The van der Waals surface area contributed by atoms with Crippen LogP contribution in [-0.4, -0.2) is 32.4 Å². The van der Waals surface area contributed by atoms with Gasteiger partial charge in [0.2, 0.25) is 11.8 Å². The van der Waals surface area contributed by atoms with Crippen LogP contribution >= 0.6 is 11.6 Å². The molecule has 7 heteroatoms. The quantitative estimate of drug-likeness (QED) is 0.902. The number of pyridine rings is 1. The van der Waals surface area contributed by atoms with Crippen molar-refractivity contribution in [1.29, 1.82) is 0 Å². The zero-order valence-electron chi connectivity index (χ0n) is 12.6. The molecule has 1 saturated carbocycles. The van der Waals surface area contributed by atoms with Gasteiger partial charge >= 0.3 is 0 Å². The minimum Gasteiger partial charge on any atom is -0.493 e. The van der Waals surface area contributed by atoms with Crippen molar-refractivity contribution in [2.75, 3.05) is 11.9 Å². The molecule has 4 rings (SSSR count). The van der Waals surface area contributed by atoms with Crippen molar-refractivity contribution in [1.82, 2.24) is 14.5 Å². The number of rotatable bonds is 4. The van der Waals surface area contributed by atoms with Crippen molar-refractivity contribution in [3.05, 3.63) is 28.5 Å². The third-order valence-corrected chi connectivity index (χ3v) is 4.31. The highest BCUT2D eigenvalue weighted by Gasteiger charge is 2.22. The SMILES string of the molecule is Cn1c(NCC2CC2)nc(C=C2C=Nc3ncc(Cl)cc32)c1O. The summed E-state index contributed by atoms with van der Waals surface area (Å²) in [6, 6.07) is 1.81. The lowest BCUT2D eigenvalue weighted by atomic mass is 10.1. The Labute approximate surface area is 138 Å². The fourth-order valence-corrected chi connectivity index (χ4v) is 2.69. The van der Waals surface area contributed by atoms with Crippen molar-refractivity contribution in [2.24, 2.45) is 18.0 Å². The number of nitrogens with one attached hydrogen (secondary N) is 1. The molecule has 0 bridgehead atoms. The molecule has 3 heterocycles. The van der Waals surface area contributed by atoms with Gasteiger partial charge in [-0.2, -0.15) is 0 Å². The molecule has 1 aliphatic carbocycles. The molecule has 0 spiro atoms. The number of hydrogen-bond donors (Lipinski definition) is 2. The van der Waals surface area contributed by atoms with E-state index in [1.807, 2.05) is 6.07 Å². The third kappa shape index (κ3) is 2.70. The molecule has 23 heavy (non-hydrogen) atoms. The average molecular weight is 330 g/mol. The Hall–Kier alpha value is -2.34. The minimum absolute atomic E-state index is 0.118. The fraction of sp³-hybridized carbons (Fsp3) is 0.312. The Kier molecular flexibility index (Phi) is 3.34. The zero-order valence-corrected chi connectivity index (χ0v) is 13.4. The van der Waals surface area contributed by atoms with Crippen LogP contribution in [0.1, 0.15) is 24.1 Å². The molecular formula is C16H16ClN5O. The van der Waals surface area contributed by atoms with E-state index in [1.165, 1.54) is 12.8 Å². The monoisotopic (exact) mass is 329 g/mol. The molecule has 0 amide bonds. The molecule has 0 saturated heterocycles. The van der Waals surface area contributed by atoms with Crippen LogP contribution in [0.25, 0.3) is 11.6 Å². The van der Waals surface area contributed by atoms with E-state index < -0.39 is 0 Å². The summed E-state index contributed by atoms with van der Waals surface area (Å²) in [7, 11) is 1.79. The molecule has 0 radical (unpaired) electrons. The topological polar surface area (TPSA) is 75.3 Å². The lowest BCUT2D eigenvalue weighted by Gasteiger charge is -2.03. The normalized spacial score (nSPS) is 17.7. The lowest BCUT2D eigenvalue weighted by molar-refractivity contribution is 0.432. The number of aromatic hydroxyl groups is 1. The summed E-state index contributed by atoms with van der Waals surface area (Å²) in [6.07, 6.45) is 7.60. The second-order valence-corrected chi connectivity index (χ2v) is 6.35. The third-order valence-electron chi connectivity index (χ3n) is 4.10. The van der Waals surface area contributed by atoms with Crippen LogP contribution in [0.4, 0.5) is 11.8 Å². The van der Waals surface area contributed by atoms with Crippen LogP contribution in [0.3, 0.4) is 0 Å². The Balaban J connectivity index is 1.65. The van der Waals surface area contributed by atoms with Gasteiger partial charge in [-0.3, -0.25) is 4.57 Å². The number of aliphatic imine (C=N–C) groups is 1. The number of halogens is 1. The highest BCUT2D eigenvalue weighted by atomic mass is 35.5. The van der Waals surface area contributed by atoms with Crippen LogP contribution in [0.2, 0.25) is 5.02 Å². The molecule has 0 atom stereocenters. The van der Waals surface area contributed by atoms with E-state index in [9.17, 15) is 5.11 Å². The van der Waals surface area contributed by atoms with Gasteiger partial charge < -0.3 is 10.4 Å². The minimum atomic E-state index is 0.118. The first kappa shape index (κ1) is 14.3. The number of anilines is 1. The molecule has 1 fully saturated rings. The van der Waals surface area contributed by atoms with Crippen molar-refractivity contribution in [2.45, 2.75) is 12.8 Å². The predicted molar refractivity (Wildman–Crippen MR) is 91.4 cm³/mol. The van der Waals surface area contributed by atoms with Gasteiger partial charge in [-0.15, -0.1) is 0 Å². The first-order valence-corrected chi connectivity index (χ1v) is 7.91. The van der Waals surface area contributed by atoms with Crippen LogP contribution in [-0.2, 0) is 7.05 Å². The van der Waals surface area contributed by atoms with Gasteiger partial charge in [0.1, 0.15) is 5.69 Å². The van der Waals surface area contributed by atoms with E-state index in [0.29, 0.717) is 22.5 Å². The van der Waals surface area contributed by atoms with Crippen LogP contribution in [0.5, 0.6) is 5.88 Å². The van der Waals surface area contributed by atoms with E-state index in [-0.39, 0.29) is 5.88 Å². The largest absolute Gasteiger partial charge is 0.493 e. The van der Waals surface area contributed by atoms with E-state index in [2.05, 4.69) is 20.3 Å². The van der Waals surface area contributed by atoms with Gasteiger partial charge in [0.25, 0.3) is 0 Å². The molecule has 2 N–H and O–H groups in total. The standard InChI is InChI=1S/C16H16ClN5O/c1-22-15(23)13(21-16(22)20-6-9-2-3-9)4-10-7-18-14-12(10)5-11(17)8-19-14/h4-5,7-9,23H,2-3,6H2,1H3,(H,20,21). The average Bonchev–Trinajstić information content (AvgIpc) is 3.24. The van der Waals surface area contributed by atoms with Crippen molar-refractivity contribution < 1.29 is 5.11 Å². The molecule has 2 aromatic rings. The highest BCUT2D eigenvalue weighted by Crippen LogP contribution is 2.34. The van der Waals surface area contributed by atoms with Gasteiger partial charge in [-0.05, 0) is 30.9 Å². The van der Waals surface area contributed by atoms with Gasteiger partial charge in [0, 0.05) is 37.1 Å². The maximum Gasteiger partial charge on any atom is 0.220 e. The smallest absolute Gasteiger partial charge is 0.220 e. The van der Waals surface area contributed by atoms with Gasteiger partial charge in [0.05, 0.1) is 5.02 Å². The molecule has 2 aromatic heterocycles. The summed E-state index contributed by atoms with van der Waals surface area (Å²) in [6.45, 7) is 0.893. The summed E-state index contributed by atoms with van der Waals surface area (Å²) >= 11 is 6.00. The summed E-state index contributed by atoms with van der Waals surface area (Å²) < 4.78 is 1.65. The molecule has 6 nitrogen and oxygen atoms in total. The van der Waals surface area contributed by atoms with E-state index >= 15 is 0 Å². The Morgan fingerprint density at radius 3 is 3.09 bits per heavy atom. The summed E-state index contributed by atoms with van der Waals surface area (Å²) in [5.41, 5.74) is 2.17. The first-order chi connectivity index (χ1) is 11.1. The maximum atomic E-state index is 10.3. The molecule has 1 aliphatic heterocycles. The Morgan fingerprint density at radius 2 is 2.30 bits per heavy atom. The number of aromatic nitrogens is 3. The van der Waals surface area contributed by atoms with E-state index in [4.69, 9.17) is 11.6 Å². The van der Waals surface area contributed by atoms with Crippen LogP contribution in [0.15, 0.2) is 17.3 Å². The van der Waals surface area contributed by atoms with Crippen LogP contribution < -0.4 is 5.32 Å². The summed E-state index contributed by atoms with van der Waals surface area (Å²) in [5.74, 6) is 2.15. The lowest BCUT2D eigenvalue weighted by Crippen LogP contribution is -2.07. The number of hydrogen-bond acceptors (Lipinski definition) is 5. The van der Waals surface area contributed by atoms with Gasteiger partial charge in [-0.1, -0.05) is 11.6 Å². The van der Waals surface area contributed by atoms with E-state index in [1.54, 1.807) is 30.1 Å². The molecule has 0 unspecified atom stereocenters.